The molecule has 0 saturated carbocycles. The van der Waals surface area contributed by atoms with Gasteiger partial charge >= 0.3 is 0 Å². The predicted molar refractivity (Wildman–Crippen MR) is 135 cm³/mol. The van der Waals surface area contributed by atoms with Crippen LogP contribution < -0.4 is 4.74 Å². The van der Waals surface area contributed by atoms with Gasteiger partial charge in [-0.3, -0.25) is 19.4 Å². The third kappa shape index (κ3) is 4.97. The molecule has 2 aliphatic rings. The number of hydrogen-bond acceptors (Lipinski definition) is 5. The van der Waals surface area contributed by atoms with E-state index in [4.69, 9.17) is 9.47 Å². The van der Waals surface area contributed by atoms with Crippen LogP contribution in [0.25, 0.3) is 10.9 Å². The van der Waals surface area contributed by atoms with Crippen LogP contribution in [0.1, 0.15) is 52.0 Å². The van der Waals surface area contributed by atoms with Crippen LogP contribution in [-0.4, -0.2) is 72.6 Å². The SMILES string of the molecule is COCCN1CCC[C@@H]1Cc1c[nH]c2ccc(OCCCCN3C(=O)c4ccccc4C3=O)cc12. The Morgan fingerprint density at radius 1 is 1.00 bits per heavy atom. The lowest BCUT2D eigenvalue weighted by Gasteiger charge is -2.23. The number of carbonyl (C=O) groups is 2. The van der Waals surface area contributed by atoms with Crippen LogP contribution in [-0.2, 0) is 11.2 Å². The molecule has 1 saturated heterocycles. The van der Waals surface area contributed by atoms with Gasteiger partial charge < -0.3 is 14.5 Å². The van der Waals surface area contributed by atoms with Crippen molar-refractivity contribution in [3.8, 4) is 5.75 Å². The van der Waals surface area contributed by atoms with Crippen LogP contribution in [0.4, 0.5) is 0 Å². The third-order valence-electron chi connectivity index (χ3n) is 7.20. The van der Waals surface area contributed by atoms with Crippen molar-refractivity contribution in [1.82, 2.24) is 14.8 Å². The molecule has 7 heteroatoms. The number of imide groups is 1. The normalized spacial score (nSPS) is 18.1. The van der Waals surface area contributed by atoms with Crippen molar-refractivity contribution in [1.29, 1.82) is 0 Å². The molecule has 5 rings (SSSR count). The zero-order valence-electron chi connectivity index (χ0n) is 20.3. The largest absolute Gasteiger partial charge is 0.494 e. The number of benzene rings is 2. The summed E-state index contributed by atoms with van der Waals surface area (Å²) in [7, 11) is 1.76. The highest BCUT2D eigenvalue weighted by molar-refractivity contribution is 6.21. The number of hydrogen-bond donors (Lipinski definition) is 1. The summed E-state index contributed by atoms with van der Waals surface area (Å²) in [6.45, 7) is 3.86. The molecule has 2 amide bonds. The lowest BCUT2D eigenvalue weighted by Crippen LogP contribution is -2.33. The summed E-state index contributed by atoms with van der Waals surface area (Å²) in [5, 5.41) is 1.21. The molecule has 1 N–H and O–H groups in total. The van der Waals surface area contributed by atoms with Gasteiger partial charge in [-0.25, -0.2) is 0 Å². The summed E-state index contributed by atoms with van der Waals surface area (Å²) in [4.78, 5) is 32.3. The van der Waals surface area contributed by atoms with E-state index in [1.54, 1.807) is 31.4 Å². The summed E-state index contributed by atoms with van der Waals surface area (Å²) in [6, 6.07) is 13.8. The smallest absolute Gasteiger partial charge is 0.261 e. The van der Waals surface area contributed by atoms with Gasteiger partial charge in [0.15, 0.2) is 0 Å². The van der Waals surface area contributed by atoms with E-state index in [0.29, 0.717) is 36.7 Å². The van der Waals surface area contributed by atoms with Gasteiger partial charge in [0.1, 0.15) is 5.75 Å². The highest BCUT2D eigenvalue weighted by Crippen LogP contribution is 2.28. The molecule has 0 spiro atoms. The van der Waals surface area contributed by atoms with E-state index < -0.39 is 0 Å². The number of unbranched alkanes of at least 4 members (excludes halogenated alkanes) is 1. The first-order chi connectivity index (χ1) is 17.2. The summed E-state index contributed by atoms with van der Waals surface area (Å²) in [5.41, 5.74) is 3.46. The number of methoxy groups -OCH3 is 1. The number of nitrogens with one attached hydrogen (secondary N) is 1. The van der Waals surface area contributed by atoms with Gasteiger partial charge in [-0.1, -0.05) is 12.1 Å². The Bertz CT molecular complexity index is 1170. The quantitative estimate of drug-likeness (QED) is 0.331. The number of ether oxygens (including phenoxy) is 2. The highest BCUT2D eigenvalue weighted by Gasteiger charge is 2.34. The molecule has 2 aliphatic heterocycles. The second-order valence-electron chi connectivity index (χ2n) is 9.41. The maximum absolute atomic E-state index is 12.5. The van der Waals surface area contributed by atoms with E-state index in [9.17, 15) is 9.59 Å². The van der Waals surface area contributed by atoms with Gasteiger partial charge in [-0.2, -0.15) is 0 Å². The number of likely N-dealkylation sites (tertiary alicyclic amines) is 1. The Balaban J connectivity index is 1.13. The number of fused-ring (bicyclic) bond motifs is 2. The molecule has 1 atom stereocenters. The molecule has 7 nitrogen and oxygen atoms in total. The van der Waals surface area contributed by atoms with Crippen molar-refractivity contribution >= 4 is 22.7 Å². The second kappa shape index (κ2) is 10.6. The monoisotopic (exact) mass is 475 g/mol. The number of amides is 2. The first-order valence-electron chi connectivity index (χ1n) is 12.6. The van der Waals surface area contributed by atoms with E-state index in [1.165, 1.54) is 28.7 Å². The fourth-order valence-electron chi connectivity index (χ4n) is 5.30. The second-order valence-corrected chi connectivity index (χ2v) is 9.41. The van der Waals surface area contributed by atoms with Gasteiger partial charge in [0.25, 0.3) is 11.8 Å². The van der Waals surface area contributed by atoms with Gasteiger partial charge in [0, 0.05) is 43.3 Å². The molecule has 184 valence electrons. The standard InChI is InChI=1S/C28H33N3O4/c1-34-16-14-30-12-6-7-21(30)17-20-19-29-26-11-10-22(18-25(20)26)35-15-5-4-13-31-27(32)23-8-2-3-9-24(23)28(31)33/h2-3,8-11,18-19,21,29H,4-7,12-17H2,1H3/t21-/m1/s1. The minimum absolute atomic E-state index is 0.194. The van der Waals surface area contributed by atoms with Crippen molar-refractivity contribution in [3.05, 3.63) is 65.4 Å². The van der Waals surface area contributed by atoms with Crippen molar-refractivity contribution in [2.75, 3.05) is 40.0 Å². The molecule has 0 bridgehead atoms. The van der Waals surface area contributed by atoms with Gasteiger partial charge in [0.05, 0.1) is 24.3 Å². The highest BCUT2D eigenvalue weighted by atomic mass is 16.5. The maximum atomic E-state index is 12.5. The number of H-pyrrole nitrogens is 1. The first kappa shape index (κ1) is 23.6. The summed E-state index contributed by atoms with van der Waals surface area (Å²) >= 11 is 0. The fraction of sp³-hybridized carbons (Fsp3) is 0.429. The number of aromatic amines is 1. The Kier molecular flexibility index (Phi) is 7.16. The van der Waals surface area contributed by atoms with Gasteiger partial charge in [0.2, 0.25) is 0 Å². The molecule has 35 heavy (non-hydrogen) atoms. The van der Waals surface area contributed by atoms with Crippen LogP contribution in [0.2, 0.25) is 0 Å². The molecule has 3 heterocycles. The predicted octanol–water partition coefficient (Wildman–Crippen LogP) is 4.28. The molecule has 0 aliphatic carbocycles. The Labute approximate surface area is 206 Å². The Hall–Kier alpha value is -3.16. The molecule has 1 aromatic heterocycles. The van der Waals surface area contributed by atoms with Crippen molar-refractivity contribution in [2.45, 2.75) is 38.1 Å². The summed E-state index contributed by atoms with van der Waals surface area (Å²) < 4.78 is 11.3. The van der Waals surface area contributed by atoms with Crippen LogP contribution >= 0.6 is 0 Å². The minimum Gasteiger partial charge on any atom is -0.494 e. The fourth-order valence-corrected chi connectivity index (χ4v) is 5.30. The Morgan fingerprint density at radius 3 is 2.57 bits per heavy atom. The zero-order valence-corrected chi connectivity index (χ0v) is 20.3. The van der Waals surface area contributed by atoms with E-state index in [2.05, 4.69) is 28.2 Å². The van der Waals surface area contributed by atoms with E-state index >= 15 is 0 Å². The lowest BCUT2D eigenvalue weighted by atomic mass is 10.0. The van der Waals surface area contributed by atoms with E-state index in [-0.39, 0.29) is 11.8 Å². The molecule has 0 radical (unpaired) electrons. The summed E-state index contributed by atoms with van der Waals surface area (Å²) in [5.74, 6) is 0.460. The van der Waals surface area contributed by atoms with Crippen LogP contribution in [0, 0.1) is 0 Å². The van der Waals surface area contributed by atoms with Crippen molar-refractivity contribution in [3.63, 3.8) is 0 Å². The molecule has 2 aromatic carbocycles. The van der Waals surface area contributed by atoms with Crippen molar-refractivity contribution in [2.24, 2.45) is 0 Å². The van der Waals surface area contributed by atoms with Gasteiger partial charge in [-0.15, -0.1) is 0 Å². The van der Waals surface area contributed by atoms with E-state index in [1.807, 2.05) is 6.07 Å². The Morgan fingerprint density at radius 2 is 1.80 bits per heavy atom. The number of carbonyl (C=O) groups excluding carboxylic acids is 2. The molecular weight excluding hydrogens is 442 g/mol. The van der Waals surface area contributed by atoms with Crippen LogP contribution in [0.5, 0.6) is 5.75 Å². The third-order valence-corrected chi connectivity index (χ3v) is 7.20. The van der Waals surface area contributed by atoms with Crippen molar-refractivity contribution < 1.29 is 19.1 Å². The average Bonchev–Trinajstić information content (AvgIpc) is 3.56. The zero-order chi connectivity index (χ0) is 24.2. The minimum atomic E-state index is -0.194. The average molecular weight is 476 g/mol. The summed E-state index contributed by atoms with van der Waals surface area (Å²) in [6.07, 6.45) is 7.09. The number of aromatic nitrogens is 1. The maximum Gasteiger partial charge on any atom is 0.261 e. The van der Waals surface area contributed by atoms with Crippen LogP contribution in [0.3, 0.4) is 0 Å². The van der Waals surface area contributed by atoms with Crippen LogP contribution in [0.15, 0.2) is 48.7 Å². The molecular formula is C28H33N3O4. The van der Waals surface area contributed by atoms with E-state index in [0.717, 1.165) is 43.8 Å². The van der Waals surface area contributed by atoms with Gasteiger partial charge in [-0.05, 0) is 74.5 Å². The topological polar surface area (TPSA) is 74.9 Å². The molecule has 3 aromatic rings. The number of nitrogens with zero attached hydrogens (tertiary/aromatic N) is 2. The first-order valence-corrected chi connectivity index (χ1v) is 12.6. The lowest BCUT2D eigenvalue weighted by molar-refractivity contribution is 0.0649. The number of rotatable bonds is 11. The molecule has 1 fully saturated rings. The molecule has 0 unspecified atom stereocenters.